The molecule has 1 heterocycles. The number of hydrogen-bond acceptors (Lipinski definition) is 4. The van der Waals surface area contributed by atoms with Crippen molar-refractivity contribution in [2.24, 2.45) is 0 Å². The lowest BCUT2D eigenvalue weighted by Gasteiger charge is -2.34. The van der Waals surface area contributed by atoms with E-state index in [0.29, 0.717) is 5.75 Å². The molecule has 1 N–H and O–H groups in total. The third-order valence-electron chi connectivity index (χ3n) is 4.80. The molecule has 1 aliphatic heterocycles. The molecule has 29 heavy (non-hydrogen) atoms. The fourth-order valence-electron chi connectivity index (χ4n) is 3.25. The van der Waals surface area contributed by atoms with Gasteiger partial charge in [-0.1, -0.05) is 35.9 Å². The molecule has 0 spiro atoms. The Balaban J connectivity index is 1.34. The van der Waals surface area contributed by atoms with Crippen LogP contribution < -0.4 is 5.32 Å². The summed E-state index contributed by atoms with van der Waals surface area (Å²) >= 11 is 7.29. The van der Waals surface area contributed by atoms with E-state index in [1.807, 2.05) is 60.4 Å². The van der Waals surface area contributed by atoms with Gasteiger partial charge < -0.3 is 10.2 Å². The van der Waals surface area contributed by atoms with Gasteiger partial charge in [0.1, 0.15) is 0 Å². The predicted octanol–water partition coefficient (Wildman–Crippen LogP) is 3.66. The van der Waals surface area contributed by atoms with E-state index in [1.54, 1.807) is 0 Å². The predicted molar refractivity (Wildman–Crippen MR) is 120 cm³/mol. The SMILES string of the molecule is Cc1cccc(NC(=O)CSCC(=O)N2CCN(Cc3ccc(Cl)cc3)CC2)c1. The molecule has 2 aromatic rings. The number of hydrogen-bond donors (Lipinski definition) is 1. The van der Waals surface area contributed by atoms with E-state index in [2.05, 4.69) is 10.2 Å². The first-order valence-electron chi connectivity index (χ1n) is 9.68. The minimum atomic E-state index is -0.0822. The maximum absolute atomic E-state index is 12.4. The number of carbonyl (C=O) groups is 2. The van der Waals surface area contributed by atoms with Crippen LogP contribution in [0.3, 0.4) is 0 Å². The smallest absolute Gasteiger partial charge is 0.234 e. The molecule has 0 saturated carbocycles. The highest BCUT2D eigenvalue weighted by Crippen LogP contribution is 2.14. The number of rotatable bonds is 7. The molecule has 1 saturated heterocycles. The summed E-state index contributed by atoms with van der Waals surface area (Å²) in [7, 11) is 0. The summed E-state index contributed by atoms with van der Waals surface area (Å²) in [5.41, 5.74) is 3.11. The molecule has 0 aromatic heterocycles. The highest BCUT2D eigenvalue weighted by Gasteiger charge is 2.21. The van der Waals surface area contributed by atoms with Gasteiger partial charge in [0.25, 0.3) is 0 Å². The number of benzene rings is 2. The quantitative estimate of drug-likeness (QED) is 0.726. The van der Waals surface area contributed by atoms with Crippen LogP contribution in [0.1, 0.15) is 11.1 Å². The van der Waals surface area contributed by atoms with Crippen LogP contribution >= 0.6 is 23.4 Å². The Labute approximate surface area is 181 Å². The van der Waals surface area contributed by atoms with Crippen molar-refractivity contribution in [2.45, 2.75) is 13.5 Å². The van der Waals surface area contributed by atoms with Gasteiger partial charge in [-0.25, -0.2) is 0 Å². The Morgan fingerprint density at radius 1 is 1.03 bits per heavy atom. The summed E-state index contributed by atoms with van der Waals surface area (Å²) in [5, 5.41) is 3.61. The second-order valence-corrected chi connectivity index (χ2v) is 8.62. The van der Waals surface area contributed by atoms with Crippen LogP contribution in [0.25, 0.3) is 0 Å². The van der Waals surface area contributed by atoms with Gasteiger partial charge in [0, 0.05) is 43.4 Å². The fourth-order valence-corrected chi connectivity index (χ4v) is 4.09. The van der Waals surface area contributed by atoms with Crippen LogP contribution in [0.15, 0.2) is 48.5 Å². The first kappa shape index (κ1) is 21.7. The van der Waals surface area contributed by atoms with Crippen LogP contribution in [-0.2, 0) is 16.1 Å². The topological polar surface area (TPSA) is 52.7 Å². The number of aryl methyl sites for hydroxylation is 1. The molecule has 0 radical (unpaired) electrons. The van der Waals surface area contributed by atoms with E-state index >= 15 is 0 Å². The normalized spacial score (nSPS) is 14.6. The minimum Gasteiger partial charge on any atom is -0.339 e. The number of nitrogens with one attached hydrogen (secondary N) is 1. The summed E-state index contributed by atoms with van der Waals surface area (Å²) in [6.07, 6.45) is 0. The molecule has 0 bridgehead atoms. The Morgan fingerprint density at radius 2 is 1.76 bits per heavy atom. The van der Waals surface area contributed by atoms with E-state index in [9.17, 15) is 9.59 Å². The fraction of sp³-hybridized carbons (Fsp3) is 0.364. The maximum atomic E-state index is 12.4. The highest BCUT2D eigenvalue weighted by molar-refractivity contribution is 8.00. The van der Waals surface area contributed by atoms with Gasteiger partial charge in [0.05, 0.1) is 11.5 Å². The van der Waals surface area contributed by atoms with Gasteiger partial charge in [-0.3, -0.25) is 14.5 Å². The van der Waals surface area contributed by atoms with Crippen molar-refractivity contribution in [3.8, 4) is 0 Å². The number of carbonyl (C=O) groups excluding carboxylic acids is 2. The van der Waals surface area contributed by atoms with Crippen molar-refractivity contribution in [3.63, 3.8) is 0 Å². The molecular weight excluding hydrogens is 406 g/mol. The van der Waals surface area contributed by atoms with Gasteiger partial charge in [-0.15, -0.1) is 11.8 Å². The lowest BCUT2D eigenvalue weighted by Crippen LogP contribution is -2.48. The third kappa shape index (κ3) is 7.07. The van der Waals surface area contributed by atoms with Crippen LogP contribution in [0.5, 0.6) is 0 Å². The molecule has 7 heteroatoms. The average Bonchev–Trinajstić information content (AvgIpc) is 2.70. The van der Waals surface area contributed by atoms with Gasteiger partial charge in [-0.2, -0.15) is 0 Å². The van der Waals surface area contributed by atoms with E-state index in [0.717, 1.165) is 49.0 Å². The second-order valence-electron chi connectivity index (χ2n) is 7.19. The largest absolute Gasteiger partial charge is 0.339 e. The van der Waals surface area contributed by atoms with E-state index in [1.165, 1.54) is 17.3 Å². The zero-order chi connectivity index (χ0) is 20.6. The number of thioether (sulfide) groups is 1. The molecule has 1 aliphatic rings. The lowest BCUT2D eigenvalue weighted by molar-refractivity contribution is -0.130. The van der Waals surface area contributed by atoms with Gasteiger partial charge in [0.15, 0.2) is 0 Å². The standard InChI is InChI=1S/C22H26ClN3O2S/c1-17-3-2-4-20(13-17)24-21(27)15-29-16-22(28)26-11-9-25(10-12-26)14-18-5-7-19(23)8-6-18/h2-8,13H,9-12,14-16H2,1H3,(H,24,27). The second kappa shape index (κ2) is 10.7. The van der Waals surface area contributed by atoms with E-state index in [4.69, 9.17) is 11.6 Å². The Bertz CT molecular complexity index is 836. The number of anilines is 1. The Morgan fingerprint density at radius 3 is 2.45 bits per heavy atom. The van der Waals surface area contributed by atoms with Crippen molar-refractivity contribution in [1.29, 1.82) is 0 Å². The molecule has 2 aromatic carbocycles. The lowest BCUT2D eigenvalue weighted by atomic mass is 10.2. The van der Waals surface area contributed by atoms with Crippen LogP contribution in [0.4, 0.5) is 5.69 Å². The molecule has 0 unspecified atom stereocenters. The molecule has 3 rings (SSSR count). The zero-order valence-corrected chi connectivity index (χ0v) is 18.1. The van der Waals surface area contributed by atoms with Crippen LogP contribution in [0.2, 0.25) is 5.02 Å². The molecule has 0 aliphatic carbocycles. The molecule has 5 nitrogen and oxygen atoms in total. The van der Waals surface area contributed by atoms with Gasteiger partial charge >= 0.3 is 0 Å². The highest BCUT2D eigenvalue weighted by atomic mass is 35.5. The number of piperazine rings is 1. The third-order valence-corrected chi connectivity index (χ3v) is 5.97. The Hall–Kier alpha value is -2.02. The molecule has 0 atom stereocenters. The summed E-state index contributed by atoms with van der Waals surface area (Å²) < 4.78 is 0. The summed E-state index contributed by atoms with van der Waals surface area (Å²) in [4.78, 5) is 28.7. The minimum absolute atomic E-state index is 0.0822. The average molecular weight is 432 g/mol. The van der Waals surface area contributed by atoms with Crippen LogP contribution in [0, 0.1) is 6.92 Å². The van der Waals surface area contributed by atoms with Gasteiger partial charge in [0.2, 0.25) is 11.8 Å². The van der Waals surface area contributed by atoms with Crippen molar-refractivity contribution in [1.82, 2.24) is 9.80 Å². The first-order valence-corrected chi connectivity index (χ1v) is 11.2. The first-order chi connectivity index (χ1) is 14.0. The summed E-state index contributed by atoms with van der Waals surface area (Å²) in [6, 6.07) is 15.6. The monoisotopic (exact) mass is 431 g/mol. The number of nitrogens with zero attached hydrogens (tertiary/aromatic N) is 2. The Kier molecular flexibility index (Phi) is 7.98. The van der Waals surface area contributed by atoms with Gasteiger partial charge in [-0.05, 0) is 42.3 Å². The molecule has 1 fully saturated rings. The number of halogens is 1. The molecule has 154 valence electrons. The maximum Gasteiger partial charge on any atom is 0.234 e. The molecule has 2 amide bonds. The van der Waals surface area contributed by atoms with Crippen molar-refractivity contribution in [2.75, 3.05) is 43.0 Å². The summed E-state index contributed by atoms with van der Waals surface area (Å²) in [5.74, 6) is 0.625. The zero-order valence-electron chi connectivity index (χ0n) is 16.6. The molecular formula is C22H26ClN3O2S. The van der Waals surface area contributed by atoms with E-state index in [-0.39, 0.29) is 17.6 Å². The van der Waals surface area contributed by atoms with Crippen molar-refractivity contribution >= 4 is 40.9 Å². The summed E-state index contributed by atoms with van der Waals surface area (Å²) in [6.45, 7) is 6.01. The van der Waals surface area contributed by atoms with Crippen molar-refractivity contribution in [3.05, 3.63) is 64.7 Å². The van der Waals surface area contributed by atoms with Crippen LogP contribution in [-0.4, -0.2) is 59.3 Å². The van der Waals surface area contributed by atoms with Crippen molar-refractivity contribution < 1.29 is 9.59 Å². The van der Waals surface area contributed by atoms with E-state index < -0.39 is 0 Å². The number of amides is 2.